The normalized spacial score (nSPS) is 10.7. The fourth-order valence-corrected chi connectivity index (χ4v) is 3.33. The second-order valence-corrected chi connectivity index (χ2v) is 8.16. The summed E-state index contributed by atoms with van der Waals surface area (Å²) in [4.78, 5) is 24.2. The molecule has 0 fully saturated rings. The summed E-state index contributed by atoms with van der Waals surface area (Å²) in [5.41, 5.74) is 2.32. The molecule has 0 saturated carbocycles. The Kier molecular flexibility index (Phi) is 9.04. The molecule has 0 spiro atoms. The highest BCUT2D eigenvalue weighted by Crippen LogP contribution is 2.30. The van der Waals surface area contributed by atoms with Crippen LogP contribution in [-0.4, -0.2) is 25.6 Å². The first-order chi connectivity index (χ1) is 16.9. The van der Waals surface area contributed by atoms with Gasteiger partial charge in [-0.05, 0) is 72.7 Å². The summed E-state index contributed by atoms with van der Waals surface area (Å²) in [5, 5.41) is 12.2. The predicted molar refractivity (Wildman–Crippen MR) is 136 cm³/mol. The summed E-state index contributed by atoms with van der Waals surface area (Å²) < 4.78 is 17.3. The molecule has 0 saturated heterocycles. The molecule has 0 unspecified atom stereocenters. The minimum atomic E-state index is -0.577. The van der Waals surface area contributed by atoms with Crippen LogP contribution in [0.25, 0.3) is 6.08 Å². The van der Waals surface area contributed by atoms with E-state index in [1.165, 1.54) is 25.3 Å². The summed E-state index contributed by atoms with van der Waals surface area (Å²) >= 11 is 3.41. The van der Waals surface area contributed by atoms with Gasteiger partial charge >= 0.3 is 5.97 Å². The van der Waals surface area contributed by atoms with E-state index in [1.54, 1.807) is 30.3 Å². The number of nitriles is 1. The molecule has 3 aromatic carbocycles. The lowest BCUT2D eigenvalue weighted by atomic mass is 10.1. The van der Waals surface area contributed by atoms with Gasteiger partial charge in [-0.2, -0.15) is 5.26 Å². The van der Waals surface area contributed by atoms with Crippen molar-refractivity contribution in [1.82, 2.24) is 0 Å². The Balaban J connectivity index is 1.74. The van der Waals surface area contributed by atoms with Gasteiger partial charge in [0.25, 0.3) is 5.91 Å². The monoisotopic (exact) mass is 534 g/mol. The quantitative estimate of drug-likeness (QED) is 0.213. The number of anilines is 1. The van der Waals surface area contributed by atoms with Gasteiger partial charge in [-0.25, -0.2) is 4.79 Å². The number of methoxy groups -OCH3 is 1. The number of hydrogen-bond donors (Lipinski definition) is 1. The van der Waals surface area contributed by atoms with E-state index in [-0.39, 0.29) is 5.57 Å². The zero-order valence-electron chi connectivity index (χ0n) is 19.2. The average molecular weight is 535 g/mol. The maximum Gasteiger partial charge on any atom is 0.337 e. The van der Waals surface area contributed by atoms with Crippen LogP contribution in [0.1, 0.15) is 28.4 Å². The molecule has 0 aliphatic heterocycles. The Labute approximate surface area is 212 Å². The van der Waals surface area contributed by atoms with Crippen molar-refractivity contribution in [2.24, 2.45) is 0 Å². The van der Waals surface area contributed by atoms with E-state index in [1.807, 2.05) is 37.3 Å². The standard InChI is InChI=1S/C27H23BrN2O5/c1-3-34-25-15-19(6-13-24(25)35-17-18-4-9-22(28)10-5-18)14-21(16-29)26(31)30-23-11-7-20(8-12-23)27(32)33-2/h4-15H,3,17H2,1-2H3,(H,30,31)/b21-14+. The SMILES string of the molecule is CCOc1cc(/C=C(\C#N)C(=O)Nc2ccc(C(=O)OC)cc2)ccc1OCc1ccc(Br)cc1. The number of benzene rings is 3. The molecule has 35 heavy (non-hydrogen) atoms. The lowest BCUT2D eigenvalue weighted by Gasteiger charge is -2.13. The molecule has 0 aliphatic carbocycles. The zero-order valence-corrected chi connectivity index (χ0v) is 20.8. The van der Waals surface area contributed by atoms with E-state index in [4.69, 9.17) is 9.47 Å². The minimum absolute atomic E-state index is 0.0898. The van der Waals surface area contributed by atoms with Crippen molar-refractivity contribution in [1.29, 1.82) is 5.26 Å². The number of halogens is 1. The molecule has 0 bridgehead atoms. The molecule has 178 valence electrons. The smallest absolute Gasteiger partial charge is 0.337 e. The van der Waals surface area contributed by atoms with E-state index in [0.29, 0.717) is 41.5 Å². The molecular formula is C27H23BrN2O5. The fraction of sp³-hybridized carbons (Fsp3) is 0.148. The number of esters is 1. The van der Waals surface area contributed by atoms with Crippen LogP contribution >= 0.6 is 15.9 Å². The number of rotatable bonds is 9. The first-order valence-electron chi connectivity index (χ1n) is 10.7. The highest BCUT2D eigenvalue weighted by Gasteiger charge is 2.13. The average Bonchev–Trinajstić information content (AvgIpc) is 2.87. The van der Waals surface area contributed by atoms with E-state index < -0.39 is 11.9 Å². The number of amides is 1. The summed E-state index contributed by atoms with van der Waals surface area (Å²) in [6.07, 6.45) is 1.47. The molecule has 0 aromatic heterocycles. The van der Waals surface area contributed by atoms with Crippen molar-refractivity contribution in [3.63, 3.8) is 0 Å². The Morgan fingerprint density at radius 1 is 1.00 bits per heavy atom. The second kappa shape index (κ2) is 12.4. The third-order valence-electron chi connectivity index (χ3n) is 4.82. The number of hydrogen-bond acceptors (Lipinski definition) is 6. The molecule has 0 radical (unpaired) electrons. The van der Waals surface area contributed by atoms with Gasteiger partial charge in [-0.1, -0.05) is 34.1 Å². The van der Waals surface area contributed by atoms with Crippen molar-refractivity contribution in [2.45, 2.75) is 13.5 Å². The highest BCUT2D eigenvalue weighted by molar-refractivity contribution is 9.10. The van der Waals surface area contributed by atoms with Gasteiger partial charge in [-0.3, -0.25) is 4.79 Å². The fourth-order valence-electron chi connectivity index (χ4n) is 3.06. The maximum atomic E-state index is 12.6. The van der Waals surface area contributed by atoms with Gasteiger partial charge in [0.05, 0.1) is 19.3 Å². The van der Waals surface area contributed by atoms with E-state index in [2.05, 4.69) is 26.0 Å². The first-order valence-corrected chi connectivity index (χ1v) is 11.5. The molecular weight excluding hydrogens is 512 g/mol. The highest BCUT2D eigenvalue weighted by atomic mass is 79.9. The Bertz CT molecular complexity index is 1260. The lowest BCUT2D eigenvalue weighted by Crippen LogP contribution is -2.13. The maximum absolute atomic E-state index is 12.6. The van der Waals surface area contributed by atoms with Crippen molar-refractivity contribution in [3.8, 4) is 17.6 Å². The van der Waals surface area contributed by atoms with Crippen LogP contribution in [0, 0.1) is 11.3 Å². The zero-order chi connectivity index (χ0) is 25.2. The van der Waals surface area contributed by atoms with Crippen LogP contribution < -0.4 is 14.8 Å². The molecule has 1 amide bonds. The minimum Gasteiger partial charge on any atom is -0.490 e. The Morgan fingerprint density at radius 2 is 1.71 bits per heavy atom. The third kappa shape index (κ3) is 7.19. The Morgan fingerprint density at radius 3 is 2.34 bits per heavy atom. The third-order valence-corrected chi connectivity index (χ3v) is 5.34. The molecule has 0 atom stereocenters. The second-order valence-electron chi connectivity index (χ2n) is 7.25. The predicted octanol–water partition coefficient (Wildman–Crippen LogP) is 5.76. The molecule has 1 N–H and O–H groups in total. The van der Waals surface area contributed by atoms with Crippen LogP contribution in [0.4, 0.5) is 5.69 Å². The van der Waals surface area contributed by atoms with Crippen LogP contribution in [0.5, 0.6) is 11.5 Å². The number of ether oxygens (including phenoxy) is 3. The number of carbonyl (C=O) groups is 2. The van der Waals surface area contributed by atoms with Crippen LogP contribution in [-0.2, 0) is 16.1 Å². The number of carbonyl (C=O) groups excluding carboxylic acids is 2. The van der Waals surface area contributed by atoms with E-state index >= 15 is 0 Å². The summed E-state index contributed by atoms with van der Waals surface area (Å²) in [7, 11) is 1.29. The summed E-state index contributed by atoms with van der Waals surface area (Å²) in [6.45, 7) is 2.65. The van der Waals surface area contributed by atoms with E-state index in [9.17, 15) is 14.9 Å². The molecule has 0 aliphatic rings. The largest absolute Gasteiger partial charge is 0.490 e. The van der Waals surface area contributed by atoms with Gasteiger partial charge < -0.3 is 19.5 Å². The van der Waals surface area contributed by atoms with Crippen LogP contribution in [0.2, 0.25) is 0 Å². The topological polar surface area (TPSA) is 97.7 Å². The Hall–Kier alpha value is -4.09. The first kappa shape index (κ1) is 25.5. The van der Waals surface area contributed by atoms with Crippen molar-refractivity contribution < 1.29 is 23.8 Å². The number of nitrogens with one attached hydrogen (secondary N) is 1. The molecule has 0 heterocycles. The summed E-state index contributed by atoms with van der Waals surface area (Å²) in [6, 6.07) is 21.1. The lowest BCUT2D eigenvalue weighted by molar-refractivity contribution is -0.112. The molecule has 3 aromatic rings. The van der Waals surface area contributed by atoms with Gasteiger partial charge in [0, 0.05) is 10.2 Å². The molecule has 8 heteroatoms. The van der Waals surface area contributed by atoms with Gasteiger partial charge in [0.1, 0.15) is 18.2 Å². The van der Waals surface area contributed by atoms with Gasteiger partial charge in [0.15, 0.2) is 11.5 Å². The molecule has 7 nitrogen and oxygen atoms in total. The van der Waals surface area contributed by atoms with Crippen LogP contribution in [0.15, 0.2) is 76.8 Å². The van der Waals surface area contributed by atoms with Crippen molar-refractivity contribution in [2.75, 3.05) is 19.0 Å². The van der Waals surface area contributed by atoms with Crippen LogP contribution in [0.3, 0.4) is 0 Å². The van der Waals surface area contributed by atoms with E-state index in [0.717, 1.165) is 10.0 Å². The van der Waals surface area contributed by atoms with Gasteiger partial charge in [-0.15, -0.1) is 0 Å². The molecule has 3 rings (SSSR count). The van der Waals surface area contributed by atoms with Crippen molar-refractivity contribution >= 4 is 39.6 Å². The van der Waals surface area contributed by atoms with Gasteiger partial charge in [0.2, 0.25) is 0 Å². The van der Waals surface area contributed by atoms with Crippen molar-refractivity contribution in [3.05, 3.63) is 93.5 Å². The summed E-state index contributed by atoms with van der Waals surface area (Å²) in [5.74, 6) is 0.0109. The number of nitrogens with zero attached hydrogens (tertiary/aromatic N) is 1.